The lowest BCUT2D eigenvalue weighted by Gasteiger charge is -2.38. The molecule has 0 aromatic carbocycles. The maximum absolute atomic E-state index is 3.87. The zero-order valence-electron chi connectivity index (χ0n) is 16.3. The lowest BCUT2D eigenvalue weighted by molar-refractivity contribution is 0.134. The molecule has 3 nitrogen and oxygen atoms in total. The third kappa shape index (κ3) is 6.55. The van der Waals surface area contributed by atoms with Crippen molar-refractivity contribution in [3.8, 4) is 0 Å². The van der Waals surface area contributed by atoms with Gasteiger partial charge in [-0.05, 0) is 65.0 Å². The van der Waals surface area contributed by atoms with E-state index in [0.29, 0.717) is 24.0 Å². The quantitative estimate of drug-likeness (QED) is 0.613. The highest BCUT2D eigenvalue weighted by Gasteiger charge is 2.29. The van der Waals surface area contributed by atoms with E-state index in [1.807, 2.05) is 0 Å². The Morgan fingerprint density at radius 2 is 1.55 bits per heavy atom. The zero-order chi connectivity index (χ0) is 16.9. The molecule has 4 atom stereocenters. The molecule has 2 N–H and O–H groups in total. The Morgan fingerprint density at radius 1 is 0.955 bits per heavy atom. The summed E-state index contributed by atoms with van der Waals surface area (Å²) in [7, 11) is 2.26. The molecule has 4 unspecified atom stereocenters. The summed E-state index contributed by atoms with van der Waals surface area (Å²) in [4.78, 5) is 2.50. The maximum atomic E-state index is 3.87. The molecular formula is C19H41N3. The van der Waals surface area contributed by atoms with E-state index in [-0.39, 0.29) is 0 Å². The van der Waals surface area contributed by atoms with Gasteiger partial charge in [0.2, 0.25) is 0 Å². The molecule has 1 aliphatic carbocycles. The minimum absolute atomic E-state index is 0.554. The van der Waals surface area contributed by atoms with Gasteiger partial charge in [-0.15, -0.1) is 0 Å². The highest BCUT2D eigenvalue weighted by Crippen LogP contribution is 2.21. The van der Waals surface area contributed by atoms with E-state index in [2.05, 4.69) is 71.0 Å². The first kappa shape index (κ1) is 19.9. The van der Waals surface area contributed by atoms with Crippen LogP contribution >= 0.6 is 0 Å². The number of hydrogen-bond acceptors (Lipinski definition) is 3. The minimum Gasteiger partial charge on any atom is -0.312 e. The lowest BCUT2D eigenvalue weighted by atomic mass is 9.91. The van der Waals surface area contributed by atoms with Gasteiger partial charge in [0.15, 0.2) is 0 Å². The van der Waals surface area contributed by atoms with Crippen molar-refractivity contribution in [2.75, 3.05) is 20.1 Å². The van der Waals surface area contributed by atoms with Crippen molar-refractivity contribution in [2.24, 2.45) is 17.8 Å². The molecule has 0 saturated heterocycles. The average Bonchev–Trinajstić information content (AvgIpc) is 3.28. The Kier molecular flexibility index (Phi) is 8.37. The monoisotopic (exact) mass is 311 g/mol. The smallest absolute Gasteiger partial charge is 0.0233 e. The molecule has 132 valence electrons. The van der Waals surface area contributed by atoms with Crippen LogP contribution in [0, 0.1) is 17.8 Å². The molecule has 0 bridgehead atoms. The van der Waals surface area contributed by atoms with E-state index < -0.39 is 0 Å². The zero-order valence-corrected chi connectivity index (χ0v) is 16.3. The third-order valence-corrected chi connectivity index (χ3v) is 5.90. The fourth-order valence-corrected chi connectivity index (χ4v) is 2.78. The van der Waals surface area contributed by atoms with Crippen LogP contribution in [-0.2, 0) is 0 Å². The van der Waals surface area contributed by atoms with Gasteiger partial charge in [0.1, 0.15) is 0 Å². The van der Waals surface area contributed by atoms with E-state index in [9.17, 15) is 0 Å². The van der Waals surface area contributed by atoms with Crippen LogP contribution in [0.3, 0.4) is 0 Å². The average molecular weight is 312 g/mol. The van der Waals surface area contributed by atoms with E-state index in [1.54, 1.807) is 0 Å². The molecule has 22 heavy (non-hydrogen) atoms. The fourth-order valence-electron chi connectivity index (χ4n) is 2.78. The van der Waals surface area contributed by atoms with Gasteiger partial charge >= 0.3 is 0 Å². The molecule has 0 heterocycles. The van der Waals surface area contributed by atoms with Gasteiger partial charge in [0, 0.05) is 30.7 Å². The van der Waals surface area contributed by atoms with Gasteiger partial charge in [-0.1, -0.05) is 27.7 Å². The molecule has 3 heteroatoms. The Labute approximate surface area is 139 Å². The molecule has 1 rings (SSSR count). The summed E-state index contributed by atoms with van der Waals surface area (Å²) < 4.78 is 0. The Balaban J connectivity index is 2.57. The Bertz CT molecular complexity index is 299. The SMILES string of the molecule is CC(C)C(C)CNC(CNC1CC1)C(C)C(C)N(C)C(C)C. The molecule has 0 aromatic heterocycles. The van der Waals surface area contributed by atoms with Crippen molar-refractivity contribution in [3.05, 3.63) is 0 Å². The predicted octanol–water partition coefficient (Wildman–Crippen LogP) is 3.35. The van der Waals surface area contributed by atoms with Crippen LogP contribution < -0.4 is 10.6 Å². The lowest BCUT2D eigenvalue weighted by Crippen LogP contribution is -2.52. The highest BCUT2D eigenvalue weighted by molar-refractivity contribution is 4.88. The van der Waals surface area contributed by atoms with Crippen LogP contribution in [-0.4, -0.2) is 49.2 Å². The van der Waals surface area contributed by atoms with Gasteiger partial charge < -0.3 is 15.5 Å². The van der Waals surface area contributed by atoms with Crippen molar-refractivity contribution in [1.29, 1.82) is 0 Å². The second-order valence-electron chi connectivity index (χ2n) is 8.28. The first-order chi connectivity index (χ1) is 10.2. The topological polar surface area (TPSA) is 27.3 Å². The first-order valence-corrected chi connectivity index (χ1v) is 9.42. The van der Waals surface area contributed by atoms with Crippen LogP contribution in [0.4, 0.5) is 0 Å². The van der Waals surface area contributed by atoms with E-state index >= 15 is 0 Å². The molecule has 1 aliphatic rings. The van der Waals surface area contributed by atoms with Gasteiger partial charge in [0.25, 0.3) is 0 Å². The largest absolute Gasteiger partial charge is 0.312 e. The molecule has 0 aliphatic heterocycles. The van der Waals surface area contributed by atoms with Gasteiger partial charge in [-0.3, -0.25) is 0 Å². The fraction of sp³-hybridized carbons (Fsp3) is 1.00. The predicted molar refractivity (Wildman–Crippen MR) is 98.3 cm³/mol. The van der Waals surface area contributed by atoms with Crippen molar-refractivity contribution < 1.29 is 0 Å². The van der Waals surface area contributed by atoms with E-state index in [4.69, 9.17) is 0 Å². The molecule has 0 spiro atoms. The summed E-state index contributed by atoms with van der Waals surface area (Å²) in [6.07, 6.45) is 2.73. The van der Waals surface area contributed by atoms with Crippen LogP contribution in [0.15, 0.2) is 0 Å². The summed E-state index contributed by atoms with van der Waals surface area (Å²) >= 11 is 0. The molecular weight excluding hydrogens is 270 g/mol. The molecule has 1 fully saturated rings. The van der Waals surface area contributed by atoms with Crippen molar-refractivity contribution in [1.82, 2.24) is 15.5 Å². The summed E-state index contributed by atoms with van der Waals surface area (Å²) in [5.74, 6) is 2.11. The normalized spacial score (nSPS) is 21.4. The number of rotatable bonds is 11. The number of hydrogen-bond donors (Lipinski definition) is 2. The molecule has 0 aromatic rings. The minimum atomic E-state index is 0.554. The van der Waals surface area contributed by atoms with Crippen molar-refractivity contribution >= 4 is 0 Å². The second-order valence-corrected chi connectivity index (χ2v) is 8.28. The Morgan fingerprint density at radius 3 is 2.00 bits per heavy atom. The van der Waals surface area contributed by atoms with E-state index in [1.165, 1.54) is 12.8 Å². The first-order valence-electron chi connectivity index (χ1n) is 9.42. The Hall–Kier alpha value is -0.120. The molecule has 0 radical (unpaired) electrons. The van der Waals surface area contributed by atoms with E-state index in [0.717, 1.165) is 31.0 Å². The van der Waals surface area contributed by atoms with Gasteiger partial charge in [-0.2, -0.15) is 0 Å². The third-order valence-electron chi connectivity index (χ3n) is 5.90. The highest BCUT2D eigenvalue weighted by atomic mass is 15.2. The van der Waals surface area contributed by atoms with Crippen LogP contribution in [0.5, 0.6) is 0 Å². The van der Waals surface area contributed by atoms with Crippen LogP contribution in [0.2, 0.25) is 0 Å². The van der Waals surface area contributed by atoms with Crippen molar-refractivity contribution in [3.63, 3.8) is 0 Å². The summed E-state index contributed by atoms with van der Waals surface area (Å²) in [5, 5.41) is 7.60. The standard InChI is InChI=1S/C19H41N3/c1-13(2)15(5)11-21-19(12-20-18-9-10-18)16(6)17(7)22(8)14(3)4/h13-21H,9-12H2,1-8H3. The molecule has 1 saturated carbocycles. The summed E-state index contributed by atoms with van der Waals surface area (Å²) in [5.41, 5.74) is 0. The maximum Gasteiger partial charge on any atom is 0.0233 e. The number of nitrogens with one attached hydrogen (secondary N) is 2. The second kappa shape index (κ2) is 9.24. The number of nitrogens with zero attached hydrogens (tertiary/aromatic N) is 1. The summed E-state index contributed by atoms with van der Waals surface area (Å²) in [6.45, 7) is 18.6. The van der Waals surface area contributed by atoms with Gasteiger partial charge in [0.05, 0.1) is 0 Å². The van der Waals surface area contributed by atoms with Crippen LogP contribution in [0.1, 0.15) is 61.3 Å². The van der Waals surface area contributed by atoms with Crippen LogP contribution in [0.25, 0.3) is 0 Å². The van der Waals surface area contributed by atoms with Crippen molar-refractivity contribution in [2.45, 2.75) is 85.5 Å². The summed E-state index contributed by atoms with van der Waals surface area (Å²) in [6, 6.07) is 2.53. The van der Waals surface area contributed by atoms with Gasteiger partial charge in [-0.25, -0.2) is 0 Å². The molecule has 0 amide bonds.